The summed E-state index contributed by atoms with van der Waals surface area (Å²) in [6.07, 6.45) is 2.84. The summed E-state index contributed by atoms with van der Waals surface area (Å²) in [6.45, 7) is 1.69. The van der Waals surface area contributed by atoms with Gasteiger partial charge < -0.3 is 4.55 Å². The lowest BCUT2D eigenvalue weighted by Gasteiger charge is -2.13. The standard InChI is InChI=1S/C7H9NO4S/c1-5-4-6(8(9)10)2-3-7(5)13(11)12/h2-3,5H,4H2,1H3,(H,11,12). The van der Waals surface area contributed by atoms with E-state index in [-0.39, 0.29) is 18.0 Å². The average Bonchev–Trinajstić information content (AvgIpc) is 2.03. The molecule has 1 aliphatic carbocycles. The Labute approximate surface area is 77.6 Å². The Bertz CT molecular complexity index is 320. The minimum atomic E-state index is -2.02. The maximum Gasteiger partial charge on any atom is 0.246 e. The smallest absolute Gasteiger partial charge is 0.246 e. The van der Waals surface area contributed by atoms with Crippen molar-refractivity contribution in [1.29, 1.82) is 0 Å². The Morgan fingerprint density at radius 2 is 2.31 bits per heavy atom. The number of nitrogens with zero attached hydrogens (tertiary/aromatic N) is 1. The first-order valence-electron chi connectivity index (χ1n) is 3.68. The second-order valence-corrected chi connectivity index (χ2v) is 3.81. The predicted octanol–water partition coefficient (Wildman–Crippen LogP) is 1.29. The Balaban J connectivity index is 2.93. The highest BCUT2D eigenvalue weighted by atomic mass is 32.2. The zero-order valence-electron chi connectivity index (χ0n) is 6.97. The van der Waals surface area contributed by atoms with Gasteiger partial charge in [0.15, 0.2) is 11.1 Å². The number of rotatable bonds is 2. The van der Waals surface area contributed by atoms with E-state index in [1.165, 1.54) is 12.2 Å². The third-order valence-electron chi connectivity index (χ3n) is 1.88. The molecule has 1 rings (SSSR count). The molecule has 2 atom stereocenters. The third-order valence-corrected chi connectivity index (χ3v) is 2.82. The van der Waals surface area contributed by atoms with Gasteiger partial charge in [0, 0.05) is 23.3 Å². The Hall–Kier alpha value is -1.01. The molecule has 5 nitrogen and oxygen atoms in total. The molecule has 0 heterocycles. The normalized spacial score (nSPS) is 24.6. The molecule has 0 amide bonds. The maximum atomic E-state index is 10.7. The molecule has 0 bridgehead atoms. The Kier molecular flexibility index (Phi) is 2.94. The summed E-state index contributed by atoms with van der Waals surface area (Å²) >= 11 is -2.02. The maximum absolute atomic E-state index is 10.7. The van der Waals surface area contributed by atoms with Gasteiger partial charge in [0.05, 0.1) is 4.92 Å². The number of hydrogen-bond acceptors (Lipinski definition) is 3. The number of nitro groups is 1. The molecular weight excluding hydrogens is 194 g/mol. The SMILES string of the molecule is CC1CC([N+](=O)[O-])=CC=C1S(=O)O. The first kappa shape index (κ1) is 10.1. The van der Waals surface area contributed by atoms with Crippen LogP contribution in [0.15, 0.2) is 22.8 Å². The molecule has 0 radical (unpaired) electrons. The first-order chi connectivity index (χ1) is 6.02. The van der Waals surface area contributed by atoms with E-state index < -0.39 is 16.0 Å². The lowest BCUT2D eigenvalue weighted by Crippen LogP contribution is -2.13. The summed E-state index contributed by atoms with van der Waals surface area (Å²) in [5, 5.41) is 10.3. The molecule has 0 saturated heterocycles. The molecule has 72 valence electrons. The Morgan fingerprint density at radius 3 is 2.69 bits per heavy atom. The lowest BCUT2D eigenvalue weighted by atomic mass is 10.0. The van der Waals surface area contributed by atoms with Crippen LogP contribution in [0.1, 0.15) is 13.3 Å². The molecule has 2 unspecified atom stereocenters. The van der Waals surface area contributed by atoms with E-state index in [0.717, 1.165) is 0 Å². The fraction of sp³-hybridized carbons (Fsp3) is 0.429. The van der Waals surface area contributed by atoms with Crippen LogP contribution in [-0.2, 0) is 11.1 Å². The molecule has 0 aliphatic heterocycles. The number of allylic oxidation sites excluding steroid dienone is 4. The van der Waals surface area contributed by atoms with Crippen molar-refractivity contribution in [2.75, 3.05) is 0 Å². The fourth-order valence-electron chi connectivity index (χ4n) is 1.19. The predicted molar refractivity (Wildman–Crippen MR) is 47.7 cm³/mol. The van der Waals surface area contributed by atoms with Gasteiger partial charge in [-0.15, -0.1) is 0 Å². The molecule has 0 fully saturated rings. The molecular formula is C7H9NO4S. The third kappa shape index (κ3) is 2.22. The van der Waals surface area contributed by atoms with Crippen LogP contribution in [0.5, 0.6) is 0 Å². The van der Waals surface area contributed by atoms with Gasteiger partial charge in [-0.25, -0.2) is 4.21 Å². The molecule has 0 spiro atoms. The molecule has 1 aliphatic rings. The van der Waals surface area contributed by atoms with Gasteiger partial charge >= 0.3 is 0 Å². The molecule has 0 aromatic heterocycles. The summed E-state index contributed by atoms with van der Waals surface area (Å²) in [4.78, 5) is 10.2. The van der Waals surface area contributed by atoms with E-state index in [0.29, 0.717) is 4.91 Å². The minimum Gasteiger partial charge on any atom is -0.302 e. The molecule has 0 aromatic rings. The highest BCUT2D eigenvalue weighted by Crippen LogP contribution is 2.26. The summed E-state index contributed by atoms with van der Waals surface area (Å²) in [6, 6.07) is 0. The van der Waals surface area contributed by atoms with Crippen molar-refractivity contribution in [3.05, 3.63) is 32.9 Å². The van der Waals surface area contributed by atoms with Gasteiger partial charge in [0.2, 0.25) is 5.70 Å². The monoisotopic (exact) mass is 203 g/mol. The van der Waals surface area contributed by atoms with E-state index in [1.807, 2.05) is 0 Å². The van der Waals surface area contributed by atoms with Crippen LogP contribution in [0.25, 0.3) is 0 Å². The van der Waals surface area contributed by atoms with Crippen LogP contribution >= 0.6 is 0 Å². The fourth-order valence-corrected chi connectivity index (χ4v) is 1.80. The van der Waals surface area contributed by atoms with Gasteiger partial charge in [-0.3, -0.25) is 10.1 Å². The largest absolute Gasteiger partial charge is 0.302 e. The van der Waals surface area contributed by atoms with Gasteiger partial charge in [-0.2, -0.15) is 0 Å². The van der Waals surface area contributed by atoms with Gasteiger partial charge in [-0.1, -0.05) is 6.92 Å². The van der Waals surface area contributed by atoms with Crippen molar-refractivity contribution in [3.8, 4) is 0 Å². The highest BCUT2D eigenvalue weighted by Gasteiger charge is 2.24. The second kappa shape index (κ2) is 3.80. The molecule has 0 aromatic carbocycles. The van der Waals surface area contributed by atoms with Crippen molar-refractivity contribution in [1.82, 2.24) is 0 Å². The second-order valence-electron chi connectivity index (χ2n) is 2.84. The van der Waals surface area contributed by atoms with Crippen molar-refractivity contribution >= 4 is 11.1 Å². The number of hydrogen-bond donors (Lipinski definition) is 1. The molecule has 6 heteroatoms. The van der Waals surface area contributed by atoms with Crippen LogP contribution in [0.4, 0.5) is 0 Å². The van der Waals surface area contributed by atoms with E-state index in [4.69, 9.17) is 4.55 Å². The lowest BCUT2D eigenvalue weighted by molar-refractivity contribution is -0.428. The van der Waals surface area contributed by atoms with Crippen LogP contribution in [-0.4, -0.2) is 13.7 Å². The van der Waals surface area contributed by atoms with Crippen molar-refractivity contribution in [3.63, 3.8) is 0 Å². The summed E-state index contributed by atoms with van der Waals surface area (Å²) in [5.41, 5.74) is 0.0849. The van der Waals surface area contributed by atoms with Crippen LogP contribution < -0.4 is 0 Å². The average molecular weight is 203 g/mol. The minimum absolute atomic E-state index is 0.0849. The van der Waals surface area contributed by atoms with Crippen molar-refractivity contribution in [2.24, 2.45) is 5.92 Å². The van der Waals surface area contributed by atoms with Crippen molar-refractivity contribution < 1.29 is 13.7 Å². The van der Waals surface area contributed by atoms with Gasteiger partial charge in [0.25, 0.3) is 0 Å². The summed E-state index contributed by atoms with van der Waals surface area (Å²) in [7, 11) is 0. The Morgan fingerprint density at radius 1 is 1.69 bits per heavy atom. The van der Waals surface area contributed by atoms with Gasteiger partial charge in [0.1, 0.15) is 0 Å². The van der Waals surface area contributed by atoms with E-state index >= 15 is 0 Å². The van der Waals surface area contributed by atoms with E-state index in [9.17, 15) is 14.3 Å². The van der Waals surface area contributed by atoms with E-state index in [1.54, 1.807) is 6.92 Å². The molecule has 0 saturated carbocycles. The first-order valence-corrected chi connectivity index (χ1v) is 4.79. The highest BCUT2D eigenvalue weighted by molar-refractivity contribution is 7.83. The topological polar surface area (TPSA) is 80.4 Å². The van der Waals surface area contributed by atoms with E-state index in [2.05, 4.69) is 0 Å². The quantitative estimate of drug-likeness (QED) is 0.416. The zero-order chi connectivity index (χ0) is 10.0. The summed E-state index contributed by atoms with van der Waals surface area (Å²) in [5.74, 6) is -0.240. The van der Waals surface area contributed by atoms with Crippen LogP contribution in [0, 0.1) is 16.0 Å². The van der Waals surface area contributed by atoms with Gasteiger partial charge in [-0.05, 0) is 6.08 Å². The molecule has 1 N–H and O–H groups in total. The van der Waals surface area contributed by atoms with Crippen LogP contribution in [0.3, 0.4) is 0 Å². The zero-order valence-corrected chi connectivity index (χ0v) is 7.78. The van der Waals surface area contributed by atoms with Crippen LogP contribution in [0.2, 0.25) is 0 Å². The van der Waals surface area contributed by atoms with Crippen molar-refractivity contribution in [2.45, 2.75) is 13.3 Å². The summed E-state index contributed by atoms with van der Waals surface area (Å²) < 4.78 is 19.5. The molecule has 13 heavy (non-hydrogen) atoms.